The highest BCUT2D eigenvalue weighted by Gasteiger charge is 2.09. The van der Waals surface area contributed by atoms with Crippen LogP contribution in [0.15, 0.2) is 41.1 Å². The number of fused-ring (bicyclic) bond motifs is 1. The summed E-state index contributed by atoms with van der Waals surface area (Å²) < 4.78 is 2.02. The van der Waals surface area contributed by atoms with Gasteiger partial charge in [-0.1, -0.05) is 11.6 Å². The first-order valence-corrected chi connectivity index (χ1v) is 7.59. The molecule has 0 unspecified atom stereocenters. The van der Waals surface area contributed by atoms with Gasteiger partial charge in [0.2, 0.25) is 0 Å². The van der Waals surface area contributed by atoms with Crippen LogP contribution in [-0.2, 0) is 0 Å². The molecule has 0 saturated heterocycles. The summed E-state index contributed by atoms with van der Waals surface area (Å²) >= 11 is 10.5. The van der Waals surface area contributed by atoms with Crippen molar-refractivity contribution in [3.05, 3.63) is 51.2 Å². The predicted octanol–water partition coefficient (Wildman–Crippen LogP) is 4.36. The molecule has 0 radical (unpaired) electrons. The van der Waals surface area contributed by atoms with E-state index in [1.165, 1.54) is 11.3 Å². The molecule has 0 saturated carbocycles. The molecule has 0 fully saturated rings. The molecule has 100 valence electrons. The number of nitrogens with zero attached hydrogens (tertiary/aromatic N) is 2. The Morgan fingerprint density at radius 3 is 2.95 bits per heavy atom. The average Bonchev–Trinajstić information content (AvgIpc) is 2.77. The molecule has 0 aliphatic rings. The van der Waals surface area contributed by atoms with E-state index in [4.69, 9.17) is 11.6 Å². The van der Waals surface area contributed by atoms with E-state index in [0.717, 1.165) is 10.2 Å². The number of carbonyl (C=O) groups is 1. The maximum Gasteiger partial charge on any atom is 0.255 e. The molecule has 1 aromatic carbocycles. The van der Waals surface area contributed by atoms with Crippen LogP contribution < -0.4 is 5.32 Å². The lowest BCUT2D eigenvalue weighted by Crippen LogP contribution is -2.11. The fourth-order valence-corrected chi connectivity index (χ4v) is 3.16. The van der Waals surface area contributed by atoms with Crippen molar-refractivity contribution in [2.24, 2.45) is 0 Å². The Bertz CT molecular complexity index is 805. The average molecular weight is 369 g/mol. The Hall–Kier alpha value is -1.50. The number of halogens is 2. The summed E-state index contributed by atoms with van der Waals surface area (Å²) in [6.45, 7) is 0. The summed E-state index contributed by atoms with van der Waals surface area (Å²) in [5, 5.41) is 2.81. The normalized spacial score (nSPS) is 10.7. The molecule has 4 nitrogen and oxygen atoms in total. The van der Waals surface area contributed by atoms with Crippen LogP contribution in [0.5, 0.6) is 0 Å². The van der Waals surface area contributed by atoms with Gasteiger partial charge in [-0.05, 0) is 46.3 Å². The Balaban J connectivity index is 1.88. The van der Waals surface area contributed by atoms with E-state index < -0.39 is 0 Å². The fourth-order valence-electron chi connectivity index (χ4n) is 1.72. The molecule has 0 aliphatic heterocycles. The number of thiazole rings is 1. The van der Waals surface area contributed by atoms with Crippen molar-refractivity contribution in [2.45, 2.75) is 0 Å². The third-order valence-corrected chi connectivity index (χ3v) is 4.17. The number of carbonyl (C=O) groups excluding carboxylic acids is 1. The molecule has 1 N–H and O–H groups in total. The molecule has 3 rings (SSSR count). The zero-order chi connectivity index (χ0) is 14.1. The van der Waals surface area contributed by atoms with Gasteiger partial charge < -0.3 is 5.32 Å². The Morgan fingerprint density at radius 1 is 1.30 bits per heavy atom. The van der Waals surface area contributed by atoms with E-state index in [0.29, 0.717) is 20.3 Å². The lowest BCUT2D eigenvalue weighted by atomic mass is 10.2. The number of hydrogen-bond donors (Lipinski definition) is 1. The molecule has 20 heavy (non-hydrogen) atoms. The smallest absolute Gasteiger partial charge is 0.255 e. The largest absolute Gasteiger partial charge is 0.322 e. The Kier molecular flexibility index (Phi) is 3.69. The van der Waals surface area contributed by atoms with E-state index in [9.17, 15) is 4.79 Å². The van der Waals surface area contributed by atoms with E-state index in [2.05, 4.69) is 31.2 Å². The van der Waals surface area contributed by atoms with Gasteiger partial charge in [-0.2, -0.15) is 0 Å². The third-order valence-electron chi connectivity index (χ3n) is 2.61. The number of aromatic nitrogens is 2. The molecular formula is C13H7BrClN3OS. The minimum atomic E-state index is -0.186. The number of anilines is 1. The van der Waals surface area contributed by atoms with E-state index >= 15 is 0 Å². The van der Waals surface area contributed by atoms with Gasteiger partial charge in [0, 0.05) is 17.4 Å². The fraction of sp³-hybridized carbons (Fsp3) is 0. The van der Waals surface area contributed by atoms with Crippen molar-refractivity contribution in [3.63, 3.8) is 0 Å². The van der Waals surface area contributed by atoms with Gasteiger partial charge in [0.15, 0.2) is 4.47 Å². The van der Waals surface area contributed by atoms with Gasteiger partial charge in [0.1, 0.15) is 4.60 Å². The zero-order valence-electron chi connectivity index (χ0n) is 9.93. The number of nitrogens with one attached hydrogen (secondary N) is 1. The first kappa shape index (κ1) is 13.5. The summed E-state index contributed by atoms with van der Waals surface area (Å²) in [6, 6.07) is 8.76. The highest BCUT2D eigenvalue weighted by Crippen LogP contribution is 2.26. The first-order valence-electron chi connectivity index (χ1n) is 5.61. The predicted molar refractivity (Wildman–Crippen MR) is 84.5 cm³/mol. The molecule has 7 heteroatoms. The number of hydrogen-bond acceptors (Lipinski definition) is 4. The molecule has 3 aromatic rings. The van der Waals surface area contributed by atoms with Gasteiger partial charge >= 0.3 is 0 Å². The molecule has 0 bridgehead atoms. The molecule has 0 atom stereocenters. The second-order valence-electron chi connectivity index (χ2n) is 3.97. The van der Waals surface area contributed by atoms with Crippen LogP contribution >= 0.6 is 38.9 Å². The van der Waals surface area contributed by atoms with Gasteiger partial charge in [0.25, 0.3) is 5.91 Å². The van der Waals surface area contributed by atoms with Crippen molar-refractivity contribution >= 4 is 60.7 Å². The quantitative estimate of drug-likeness (QED) is 0.684. The Labute approximate surface area is 131 Å². The van der Waals surface area contributed by atoms with Crippen LogP contribution in [0.4, 0.5) is 5.69 Å². The molecular weight excluding hydrogens is 362 g/mol. The number of rotatable bonds is 2. The third kappa shape index (κ3) is 2.82. The first-order chi connectivity index (χ1) is 9.61. The second-order valence-corrected chi connectivity index (χ2v) is 6.40. The van der Waals surface area contributed by atoms with Crippen LogP contribution in [0.3, 0.4) is 0 Å². The molecule has 1 amide bonds. The number of benzene rings is 1. The topological polar surface area (TPSA) is 54.9 Å². The lowest BCUT2D eigenvalue weighted by Gasteiger charge is -2.05. The zero-order valence-corrected chi connectivity index (χ0v) is 13.1. The number of amides is 1. The van der Waals surface area contributed by atoms with Gasteiger partial charge in [-0.3, -0.25) is 4.79 Å². The van der Waals surface area contributed by atoms with Crippen molar-refractivity contribution in [1.82, 2.24) is 9.97 Å². The van der Waals surface area contributed by atoms with Crippen molar-refractivity contribution in [1.29, 1.82) is 0 Å². The highest BCUT2D eigenvalue weighted by molar-refractivity contribution is 9.10. The van der Waals surface area contributed by atoms with Crippen molar-refractivity contribution < 1.29 is 4.79 Å². The second kappa shape index (κ2) is 5.47. The molecule has 0 spiro atoms. The highest BCUT2D eigenvalue weighted by atomic mass is 79.9. The molecule has 0 aliphatic carbocycles. The lowest BCUT2D eigenvalue weighted by molar-refractivity contribution is 0.102. The Morgan fingerprint density at radius 2 is 2.15 bits per heavy atom. The SMILES string of the molecule is O=C(Nc1ccnc(Br)c1)c1ccc2nc(Cl)sc2c1. The summed E-state index contributed by atoms with van der Waals surface area (Å²) in [6.07, 6.45) is 1.62. The van der Waals surface area contributed by atoms with Crippen molar-refractivity contribution in [3.8, 4) is 0 Å². The minimum absolute atomic E-state index is 0.186. The van der Waals surface area contributed by atoms with Crippen LogP contribution in [0, 0.1) is 0 Å². The van der Waals surface area contributed by atoms with Gasteiger partial charge in [0.05, 0.1) is 10.2 Å². The maximum absolute atomic E-state index is 12.2. The van der Waals surface area contributed by atoms with Crippen LogP contribution in [0.1, 0.15) is 10.4 Å². The van der Waals surface area contributed by atoms with Crippen LogP contribution in [0.2, 0.25) is 4.47 Å². The van der Waals surface area contributed by atoms with Gasteiger partial charge in [-0.25, -0.2) is 9.97 Å². The summed E-state index contributed by atoms with van der Waals surface area (Å²) in [5.41, 5.74) is 2.04. The minimum Gasteiger partial charge on any atom is -0.322 e. The van der Waals surface area contributed by atoms with Gasteiger partial charge in [-0.15, -0.1) is 11.3 Å². The summed E-state index contributed by atoms with van der Waals surface area (Å²) in [4.78, 5) is 20.3. The summed E-state index contributed by atoms with van der Waals surface area (Å²) in [7, 11) is 0. The van der Waals surface area contributed by atoms with Crippen LogP contribution in [0.25, 0.3) is 10.2 Å². The van der Waals surface area contributed by atoms with Crippen LogP contribution in [-0.4, -0.2) is 15.9 Å². The van der Waals surface area contributed by atoms with Crippen molar-refractivity contribution in [2.75, 3.05) is 5.32 Å². The standard InChI is InChI=1S/C13H7BrClN3OS/c14-11-6-8(3-4-16-11)17-12(19)7-1-2-9-10(5-7)20-13(15)18-9/h1-6H,(H,16,17,19). The monoisotopic (exact) mass is 367 g/mol. The number of pyridine rings is 1. The molecule has 2 aromatic heterocycles. The summed E-state index contributed by atoms with van der Waals surface area (Å²) in [5.74, 6) is -0.186. The van der Waals surface area contributed by atoms with E-state index in [1.807, 2.05) is 0 Å². The van der Waals surface area contributed by atoms with E-state index in [-0.39, 0.29) is 5.91 Å². The molecule has 2 heterocycles. The maximum atomic E-state index is 12.2. The van der Waals surface area contributed by atoms with E-state index in [1.54, 1.807) is 36.5 Å².